The van der Waals surface area contributed by atoms with E-state index in [1.54, 1.807) is 48.5 Å². The highest BCUT2D eigenvalue weighted by Crippen LogP contribution is 2.32. The molecule has 1 amide bonds. The van der Waals surface area contributed by atoms with Gasteiger partial charge in [-0.2, -0.15) is 0 Å². The van der Waals surface area contributed by atoms with Crippen LogP contribution in [0, 0.1) is 0 Å². The summed E-state index contributed by atoms with van der Waals surface area (Å²) in [6, 6.07) is 19.6. The van der Waals surface area contributed by atoms with Gasteiger partial charge in [-0.05, 0) is 47.0 Å². The first-order chi connectivity index (χ1) is 15.0. The van der Waals surface area contributed by atoms with E-state index < -0.39 is 5.97 Å². The number of nitrogens with one attached hydrogen (secondary N) is 2. The third-order valence-corrected chi connectivity index (χ3v) is 5.35. The van der Waals surface area contributed by atoms with E-state index in [0.717, 1.165) is 24.2 Å². The average Bonchev–Trinajstić information content (AvgIpc) is 2.73. The Kier molecular flexibility index (Phi) is 6.21. The molecule has 1 aliphatic rings. The lowest BCUT2D eigenvalue weighted by atomic mass is 10.0. The van der Waals surface area contributed by atoms with Gasteiger partial charge in [0.05, 0.1) is 11.4 Å². The number of para-hydroxylation sites is 1. The molecule has 1 heterocycles. The maximum Gasteiger partial charge on any atom is 0.307 e. The molecule has 0 aromatic heterocycles. The SMILES string of the molecule is O=C(O)Cc1ccccc1NC(=O)c1cccc(-c2ccc(Cl)c(OC3CNC3)c2)c1. The molecule has 3 aromatic carbocycles. The molecule has 3 aromatic rings. The number of anilines is 1. The number of carboxylic acid groups (broad SMARTS) is 1. The normalized spacial score (nSPS) is 13.3. The van der Waals surface area contributed by atoms with E-state index >= 15 is 0 Å². The Bertz CT molecular complexity index is 1130. The number of amides is 1. The number of benzene rings is 3. The summed E-state index contributed by atoms with van der Waals surface area (Å²) in [6.07, 6.45) is -0.0590. The zero-order chi connectivity index (χ0) is 21.8. The summed E-state index contributed by atoms with van der Waals surface area (Å²) < 4.78 is 5.92. The van der Waals surface area contributed by atoms with Gasteiger partial charge in [0.1, 0.15) is 11.9 Å². The molecule has 1 aliphatic heterocycles. The molecule has 6 nitrogen and oxygen atoms in total. The van der Waals surface area contributed by atoms with Crippen molar-refractivity contribution in [2.24, 2.45) is 0 Å². The van der Waals surface area contributed by atoms with E-state index in [1.807, 2.05) is 18.2 Å². The Labute approximate surface area is 184 Å². The third-order valence-electron chi connectivity index (χ3n) is 5.03. The van der Waals surface area contributed by atoms with Crippen molar-refractivity contribution in [3.8, 4) is 16.9 Å². The van der Waals surface area contributed by atoms with Gasteiger partial charge in [0.15, 0.2) is 0 Å². The molecule has 31 heavy (non-hydrogen) atoms. The van der Waals surface area contributed by atoms with E-state index in [0.29, 0.717) is 27.6 Å². The maximum atomic E-state index is 12.8. The van der Waals surface area contributed by atoms with Gasteiger partial charge in [0.25, 0.3) is 5.91 Å². The lowest BCUT2D eigenvalue weighted by Crippen LogP contribution is -2.50. The summed E-state index contributed by atoms with van der Waals surface area (Å²) in [5.41, 5.74) is 3.22. The second kappa shape index (κ2) is 9.20. The Morgan fingerprint density at radius 3 is 2.55 bits per heavy atom. The van der Waals surface area contributed by atoms with Crippen LogP contribution in [0.4, 0.5) is 5.69 Å². The zero-order valence-electron chi connectivity index (χ0n) is 16.6. The minimum Gasteiger partial charge on any atom is -0.486 e. The van der Waals surface area contributed by atoms with Crippen molar-refractivity contribution >= 4 is 29.2 Å². The van der Waals surface area contributed by atoms with Gasteiger partial charge in [-0.3, -0.25) is 9.59 Å². The van der Waals surface area contributed by atoms with Crippen LogP contribution >= 0.6 is 11.6 Å². The number of carbonyl (C=O) groups excluding carboxylic acids is 1. The van der Waals surface area contributed by atoms with Crippen LogP contribution in [0.5, 0.6) is 5.75 Å². The van der Waals surface area contributed by atoms with Crippen LogP contribution in [0.25, 0.3) is 11.1 Å². The van der Waals surface area contributed by atoms with Crippen molar-refractivity contribution in [1.82, 2.24) is 5.32 Å². The van der Waals surface area contributed by atoms with Crippen LogP contribution in [0.3, 0.4) is 0 Å². The molecule has 1 fully saturated rings. The molecule has 0 spiro atoms. The highest BCUT2D eigenvalue weighted by Gasteiger charge is 2.20. The molecule has 0 radical (unpaired) electrons. The van der Waals surface area contributed by atoms with Gasteiger partial charge < -0.3 is 20.5 Å². The van der Waals surface area contributed by atoms with Crippen molar-refractivity contribution in [2.75, 3.05) is 18.4 Å². The fraction of sp³-hybridized carbons (Fsp3) is 0.167. The molecule has 3 N–H and O–H groups in total. The molecule has 4 rings (SSSR count). The summed E-state index contributed by atoms with van der Waals surface area (Å²) in [7, 11) is 0. The summed E-state index contributed by atoms with van der Waals surface area (Å²) in [5, 5.41) is 15.6. The van der Waals surface area contributed by atoms with Gasteiger partial charge in [-0.15, -0.1) is 0 Å². The Morgan fingerprint density at radius 2 is 1.81 bits per heavy atom. The van der Waals surface area contributed by atoms with Crippen LogP contribution in [-0.4, -0.2) is 36.2 Å². The first-order valence-electron chi connectivity index (χ1n) is 9.88. The lowest BCUT2D eigenvalue weighted by Gasteiger charge is -2.28. The molecule has 0 saturated carbocycles. The van der Waals surface area contributed by atoms with Crippen molar-refractivity contribution in [3.05, 3.63) is 82.9 Å². The van der Waals surface area contributed by atoms with Crippen LogP contribution in [0.2, 0.25) is 5.02 Å². The van der Waals surface area contributed by atoms with E-state index in [4.69, 9.17) is 21.4 Å². The van der Waals surface area contributed by atoms with Crippen molar-refractivity contribution < 1.29 is 19.4 Å². The van der Waals surface area contributed by atoms with Crippen molar-refractivity contribution in [3.63, 3.8) is 0 Å². The third kappa shape index (κ3) is 5.05. The monoisotopic (exact) mass is 436 g/mol. The Hall–Kier alpha value is -3.35. The molecule has 0 atom stereocenters. The molecule has 0 bridgehead atoms. The second-order valence-electron chi connectivity index (χ2n) is 7.31. The molecular weight excluding hydrogens is 416 g/mol. The Morgan fingerprint density at radius 1 is 1.03 bits per heavy atom. The predicted octanol–water partition coefficient (Wildman–Crippen LogP) is 4.24. The smallest absolute Gasteiger partial charge is 0.307 e. The fourth-order valence-corrected chi connectivity index (χ4v) is 3.45. The minimum absolute atomic E-state index is 0.107. The molecule has 7 heteroatoms. The van der Waals surface area contributed by atoms with Crippen LogP contribution in [0.15, 0.2) is 66.7 Å². The molecule has 158 valence electrons. The highest BCUT2D eigenvalue weighted by molar-refractivity contribution is 6.32. The maximum absolute atomic E-state index is 12.8. The minimum atomic E-state index is -0.956. The second-order valence-corrected chi connectivity index (χ2v) is 7.71. The molecule has 0 unspecified atom stereocenters. The fourth-order valence-electron chi connectivity index (χ4n) is 3.29. The number of hydrogen-bond donors (Lipinski definition) is 3. The van der Waals surface area contributed by atoms with Gasteiger partial charge in [-0.1, -0.05) is 48.0 Å². The number of hydrogen-bond acceptors (Lipinski definition) is 4. The van der Waals surface area contributed by atoms with Gasteiger partial charge in [0.2, 0.25) is 0 Å². The van der Waals surface area contributed by atoms with E-state index in [1.165, 1.54) is 0 Å². The van der Waals surface area contributed by atoms with Gasteiger partial charge >= 0.3 is 5.97 Å². The van der Waals surface area contributed by atoms with Crippen molar-refractivity contribution in [1.29, 1.82) is 0 Å². The first-order valence-corrected chi connectivity index (χ1v) is 10.3. The number of halogens is 1. The van der Waals surface area contributed by atoms with Gasteiger partial charge in [-0.25, -0.2) is 0 Å². The number of ether oxygens (including phenoxy) is 1. The highest BCUT2D eigenvalue weighted by atomic mass is 35.5. The number of carboxylic acids is 1. The predicted molar refractivity (Wildman–Crippen MR) is 120 cm³/mol. The van der Waals surface area contributed by atoms with Crippen LogP contribution in [-0.2, 0) is 11.2 Å². The summed E-state index contributed by atoms with van der Waals surface area (Å²) in [6.45, 7) is 1.58. The van der Waals surface area contributed by atoms with Crippen LogP contribution in [0.1, 0.15) is 15.9 Å². The molecule has 1 saturated heterocycles. The van der Waals surface area contributed by atoms with E-state index in [-0.39, 0.29) is 18.4 Å². The molecular formula is C24H21ClN2O4. The number of aliphatic carboxylic acids is 1. The quantitative estimate of drug-likeness (QED) is 0.515. The first kappa shape index (κ1) is 20.9. The average molecular weight is 437 g/mol. The summed E-state index contributed by atoms with van der Waals surface area (Å²) in [4.78, 5) is 23.9. The lowest BCUT2D eigenvalue weighted by molar-refractivity contribution is -0.136. The Balaban J connectivity index is 1.55. The summed E-state index contributed by atoms with van der Waals surface area (Å²) >= 11 is 6.28. The van der Waals surface area contributed by atoms with Crippen molar-refractivity contribution in [2.45, 2.75) is 12.5 Å². The van der Waals surface area contributed by atoms with Crippen LogP contribution < -0.4 is 15.4 Å². The van der Waals surface area contributed by atoms with E-state index in [2.05, 4.69) is 10.6 Å². The topological polar surface area (TPSA) is 87.7 Å². The summed E-state index contributed by atoms with van der Waals surface area (Å²) in [5.74, 6) is -0.657. The zero-order valence-corrected chi connectivity index (χ0v) is 17.4. The van der Waals surface area contributed by atoms with E-state index in [9.17, 15) is 9.59 Å². The molecule has 0 aliphatic carbocycles. The number of rotatable bonds is 7. The standard InChI is InChI=1S/C24H21ClN2O4/c25-20-9-8-16(11-22(20)31-19-13-26-14-19)15-5-3-6-18(10-15)24(30)27-21-7-2-1-4-17(21)12-23(28)29/h1-11,19,26H,12-14H2,(H,27,30)(H,28,29). The largest absolute Gasteiger partial charge is 0.486 e. The number of carbonyl (C=O) groups is 2. The van der Waals surface area contributed by atoms with Gasteiger partial charge in [0, 0.05) is 24.3 Å².